The van der Waals surface area contributed by atoms with Crippen LogP contribution in [0.4, 0.5) is 11.4 Å². The average Bonchev–Trinajstić information content (AvgIpc) is 3.04. The van der Waals surface area contributed by atoms with Gasteiger partial charge in [0.2, 0.25) is 11.8 Å². The molecule has 0 heterocycles. The Morgan fingerprint density at radius 2 is 1.53 bits per heavy atom. The zero-order valence-electron chi connectivity index (χ0n) is 24.6. The van der Waals surface area contributed by atoms with Gasteiger partial charge in [0.05, 0.1) is 15.5 Å². The van der Waals surface area contributed by atoms with Crippen molar-refractivity contribution in [1.29, 1.82) is 0 Å². The normalized spacial score (nSPS) is 11.8. The summed E-state index contributed by atoms with van der Waals surface area (Å²) >= 11 is 6.26. The number of hydrogen-bond acceptors (Lipinski definition) is 6. The van der Waals surface area contributed by atoms with Gasteiger partial charge in [0.25, 0.3) is 15.7 Å². The van der Waals surface area contributed by atoms with Crippen molar-refractivity contribution in [3.05, 3.63) is 135 Å². The molecule has 10 nitrogen and oxygen atoms in total. The SMILES string of the molecule is CCCNC(=O)[C@H](Cc1ccccc1)N(Cc1cccc(Cl)c1)C(=O)CN(c1cccc([N+](=O)[O-])c1)S(=O)(=O)c1ccccc1. The molecule has 0 radical (unpaired) electrons. The number of non-ortho nitro benzene ring substituents is 1. The molecule has 0 aliphatic rings. The summed E-state index contributed by atoms with van der Waals surface area (Å²) in [7, 11) is -4.38. The van der Waals surface area contributed by atoms with Crippen LogP contribution < -0.4 is 9.62 Å². The van der Waals surface area contributed by atoms with Gasteiger partial charge in [-0.05, 0) is 47.9 Å². The molecule has 0 saturated carbocycles. The van der Waals surface area contributed by atoms with Crippen LogP contribution in [-0.2, 0) is 32.6 Å². The van der Waals surface area contributed by atoms with Gasteiger partial charge in [-0.2, -0.15) is 0 Å². The topological polar surface area (TPSA) is 130 Å². The number of sulfonamides is 1. The third-order valence-corrected chi connectivity index (χ3v) is 9.02. The summed E-state index contributed by atoms with van der Waals surface area (Å²) in [5, 5.41) is 14.9. The van der Waals surface area contributed by atoms with Crippen LogP contribution in [0.2, 0.25) is 5.02 Å². The Bertz CT molecular complexity index is 1740. The van der Waals surface area contributed by atoms with Gasteiger partial charge in [-0.25, -0.2) is 8.42 Å². The predicted octanol–water partition coefficient (Wildman–Crippen LogP) is 5.61. The fourth-order valence-corrected chi connectivity index (χ4v) is 6.40. The molecule has 0 spiro atoms. The molecular weight excluding hydrogens is 616 g/mol. The monoisotopic (exact) mass is 648 g/mol. The van der Waals surface area contributed by atoms with E-state index in [0.29, 0.717) is 23.6 Å². The summed E-state index contributed by atoms with van der Waals surface area (Å²) in [5.74, 6) is -1.09. The van der Waals surface area contributed by atoms with Crippen molar-refractivity contribution < 1.29 is 22.9 Å². The highest BCUT2D eigenvalue weighted by molar-refractivity contribution is 7.92. The van der Waals surface area contributed by atoms with Crippen molar-refractivity contribution in [2.24, 2.45) is 0 Å². The maximum atomic E-state index is 14.4. The quantitative estimate of drug-likeness (QED) is 0.140. The van der Waals surface area contributed by atoms with Crippen molar-refractivity contribution in [2.75, 3.05) is 17.4 Å². The van der Waals surface area contributed by atoms with Crippen LogP contribution in [-0.4, -0.2) is 49.2 Å². The first-order valence-electron chi connectivity index (χ1n) is 14.3. The third-order valence-electron chi connectivity index (χ3n) is 7.00. The summed E-state index contributed by atoms with van der Waals surface area (Å²) in [4.78, 5) is 40.2. The van der Waals surface area contributed by atoms with E-state index in [1.807, 2.05) is 37.3 Å². The molecule has 0 aliphatic heterocycles. The molecule has 4 aromatic carbocycles. The molecule has 0 unspecified atom stereocenters. The van der Waals surface area contributed by atoms with Gasteiger partial charge in [-0.3, -0.25) is 24.0 Å². The Morgan fingerprint density at radius 1 is 0.889 bits per heavy atom. The molecule has 1 N–H and O–H groups in total. The molecule has 45 heavy (non-hydrogen) atoms. The Kier molecular flexibility index (Phi) is 11.3. The number of anilines is 1. The molecule has 0 aliphatic carbocycles. The maximum absolute atomic E-state index is 14.4. The lowest BCUT2D eigenvalue weighted by molar-refractivity contribution is -0.384. The van der Waals surface area contributed by atoms with Gasteiger partial charge in [0, 0.05) is 36.7 Å². The highest BCUT2D eigenvalue weighted by atomic mass is 35.5. The average molecular weight is 649 g/mol. The first-order valence-corrected chi connectivity index (χ1v) is 16.1. The minimum atomic E-state index is -4.38. The first-order chi connectivity index (χ1) is 21.6. The molecule has 0 fully saturated rings. The Labute approximate surface area is 267 Å². The first kappa shape index (κ1) is 33.2. The second kappa shape index (κ2) is 15.3. The van der Waals surface area contributed by atoms with Gasteiger partial charge in [0.1, 0.15) is 12.6 Å². The molecule has 12 heteroatoms. The van der Waals surface area contributed by atoms with E-state index in [0.717, 1.165) is 15.9 Å². The lowest BCUT2D eigenvalue weighted by atomic mass is 10.0. The second-order valence-corrected chi connectivity index (χ2v) is 12.5. The molecular formula is C33H33ClN4O6S. The van der Waals surface area contributed by atoms with Gasteiger partial charge in [-0.1, -0.05) is 85.3 Å². The summed E-state index contributed by atoms with van der Waals surface area (Å²) in [5.41, 5.74) is 1.01. The number of benzene rings is 4. The number of amides is 2. The van der Waals surface area contributed by atoms with E-state index in [1.165, 1.54) is 35.2 Å². The molecule has 4 rings (SSSR count). The highest BCUT2D eigenvalue weighted by Crippen LogP contribution is 2.28. The molecule has 234 valence electrons. The number of nitro benzene ring substituents is 1. The van der Waals surface area contributed by atoms with Crippen LogP contribution in [0, 0.1) is 10.1 Å². The lowest BCUT2D eigenvalue weighted by Gasteiger charge is -2.34. The van der Waals surface area contributed by atoms with E-state index < -0.39 is 39.3 Å². The highest BCUT2D eigenvalue weighted by Gasteiger charge is 2.35. The number of hydrogen-bond donors (Lipinski definition) is 1. The van der Waals surface area contributed by atoms with E-state index >= 15 is 0 Å². The smallest absolute Gasteiger partial charge is 0.271 e. The van der Waals surface area contributed by atoms with E-state index in [1.54, 1.807) is 42.5 Å². The van der Waals surface area contributed by atoms with Crippen molar-refractivity contribution in [3.8, 4) is 0 Å². The Morgan fingerprint density at radius 3 is 2.18 bits per heavy atom. The number of nitrogens with one attached hydrogen (secondary N) is 1. The summed E-state index contributed by atoms with van der Waals surface area (Å²) in [6.45, 7) is 1.51. The van der Waals surface area contributed by atoms with E-state index in [4.69, 9.17) is 11.6 Å². The van der Waals surface area contributed by atoms with Crippen LogP contribution in [0.1, 0.15) is 24.5 Å². The maximum Gasteiger partial charge on any atom is 0.271 e. The van der Waals surface area contributed by atoms with Crippen LogP contribution >= 0.6 is 11.6 Å². The summed E-state index contributed by atoms with van der Waals surface area (Å²) in [6.07, 6.45) is 0.826. The largest absolute Gasteiger partial charge is 0.354 e. The van der Waals surface area contributed by atoms with Gasteiger partial charge in [-0.15, -0.1) is 0 Å². The molecule has 0 bridgehead atoms. The van der Waals surface area contributed by atoms with E-state index in [-0.39, 0.29) is 29.2 Å². The number of carbonyl (C=O) groups is 2. The zero-order chi connectivity index (χ0) is 32.4. The number of rotatable bonds is 14. The van der Waals surface area contributed by atoms with Crippen molar-refractivity contribution in [2.45, 2.75) is 37.2 Å². The van der Waals surface area contributed by atoms with Gasteiger partial charge >= 0.3 is 0 Å². The lowest BCUT2D eigenvalue weighted by Crippen LogP contribution is -2.53. The summed E-state index contributed by atoms with van der Waals surface area (Å²) in [6, 6.07) is 27.6. The van der Waals surface area contributed by atoms with Crippen molar-refractivity contribution >= 4 is 44.8 Å². The zero-order valence-corrected chi connectivity index (χ0v) is 26.2. The summed E-state index contributed by atoms with van der Waals surface area (Å²) < 4.78 is 28.8. The van der Waals surface area contributed by atoms with Crippen molar-refractivity contribution in [3.63, 3.8) is 0 Å². The molecule has 2 amide bonds. The molecule has 0 saturated heterocycles. The van der Waals surface area contributed by atoms with Gasteiger partial charge < -0.3 is 10.2 Å². The standard InChI is InChI=1S/C33H33ClN4O6S/c1-2-19-35-33(40)31(21-25-11-5-3-6-12-25)36(23-26-13-9-14-27(34)20-26)32(39)24-37(28-15-10-16-29(22-28)38(41)42)45(43,44)30-17-7-4-8-18-30/h3-18,20,22,31H,2,19,21,23-24H2,1H3,(H,35,40)/t31-/m0/s1. The number of nitrogens with zero attached hydrogens (tertiary/aromatic N) is 3. The number of carbonyl (C=O) groups excluding carboxylic acids is 2. The molecule has 0 aromatic heterocycles. The van der Waals surface area contributed by atoms with Crippen LogP contribution in [0.5, 0.6) is 0 Å². The molecule has 4 aromatic rings. The van der Waals surface area contributed by atoms with E-state index in [2.05, 4.69) is 5.32 Å². The second-order valence-electron chi connectivity index (χ2n) is 10.2. The predicted molar refractivity (Wildman–Crippen MR) is 173 cm³/mol. The minimum absolute atomic E-state index is 0.0510. The van der Waals surface area contributed by atoms with Crippen molar-refractivity contribution in [1.82, 2.24) is 10.2 Å². The number of halogens is 1. The fraction of sp³-hybridized carbons (Fsp3) is 0.212. The minimum Gasteiger partial charge on any atom is -0.354 e. The molecule has 1 atom stereocenters. The van der Waals surface area contributed by atoms with Crippen LogP contribution in [0.15, 0.2) is 114 Å². The van der Waals surface area contributed by atoms with Crippen LogP contribution in [0.3, 0.4) is 0 Å². The number of nitro groups is 1. The van der Waals surface area contributed by atoms with Gasteiger partial charge in [0.15, 0.2) is 0 Å². The Hall–Kier alpha value is -4.74. The third kappa shape index (κ3) is 8.68. The van der Waals surface area contributed by atoms with E-state index in [9.17, 15) is 28.1 Å². The Balaban J connectivity index is 1.82. The fourth-order valence-electron chi connectivity index (χ4n) is 4.76. The van der Waals surface area contributed by atoms with Crippen LogP contribution in [0.25, 0.3) is 0 Å².